The minimum atomic E-state index is 0.265. The number of aromatic nitrogens is 2. The third-order valence-corrected chi connectivity index (χ3v) is 9.31. The Hall–Kier alpha value is -5.02. The van der Waals surface area contributed by atoms with E-state index in [1.54, 1.807) is 6.20 Å². The fraction of sp³-hybridized carbons (Fsp3) is 0.105. The van der Waals surface area contributed by atoms with Crippen LogP contribution >= 0.6 is 0 Å². The van der Waals surface area contributed by atoms with Crippen LogP contribution in [0.5, 0.6) is 0 Å². The van der Waals surface area contributed by atoms with Crippen molar-refractivity contribution in [1.29, 1.82) is 0 Å². The van der Waals surface area contributed by atoms with Gasteiger partial charge in [-0.2, -0.15) is 0 Å². The van der Waals surface area contributed by atoms with E-state index < -0.39 is 0 Å². The Balaban J connectivity index is 1.23. The van der Waals surface area contributed by atoms with E-state index in [2.05, 4.69) is 127 Å². The Labute approximate surface area is 238 Å². The smallest absolute Gasteiger partial charge is 0.227 e. The lowest BCUT2D eigenvalue weighted by Gasteiger charge is -2.42. The quantitative estimate of drug-likeness (QED) is 0.211. The normalized spacial score (nSPS) is 16.5. The van der Waals surface area contributed by atoms with E-state index in [0.717, 1.165) is 27.6 Å². The molecule has 3 nitrogen and oxygen atoms in total. The van der Waals surface area contributed by atoms with Crippen LogP contribution in [-0.2, 0) is 7.05 Å². The number of pyridine rings is 2. The van der Waals surface area contributed by atoms with Gasteiger partial charge in [-0.05, 0) is 75.2 Å². The molecule has 0 saturated carbocycles. The number of hydrogen-bond donors (Lipinski definition) is 0. The van der Waals surface area contributed by atoms with Crippen molar-refractivity contribution in [2.45, 2.75) is 18.8 Å². The molecule has 7 aromatic rings. The number of aryl methyl sites for hydroxylation is 2. The van der Waals surface area contributed by atoms with Gasteiger partial charge in [0.1, 0.15) is 7.05 Å². The number of benzene rings is 4. The summed E-state index contributed by atoms with van der Waals surface area (Å²) in [5.74, 6) is 0.559. The molecule has 194 valence electrons. The van der Waals surface area contributed by atoms with E-state index in [-0.39, 0.29) is 5.92 Å². The van der Waals surface area contributed by atoms with Crippen molar-refractivity contribution in [3.05, 3.63) is 154 Å². The van der Waals surface area contributed by atoms with Crippen LogP contribution in [0.2, 0.25) is 0 Å². The Morgan fingerprint density at radius 2 is 1.29 bits per heavy atom. The maximum absolute atomic E-state index is 6.37. The van der Waals surface area contributed by atoms with Crippen LogP contribution in [0.4, 0.5) is 0 Å². The SMILES string of the molecule is Cc1ccc2c(oc3ncccc32)c1-c1cc(-c2ccc3c(c2)C2c4ccccc4C3c3ccccc32)cc[n+]1C. The summed E-state index contributed by atoms with van der Waals surface area (Å²) in [5.41, 5.74) is 16.1. The number of rotatable bonds is 2. The molecule has 0 radical (unpaired) electrons. The fourth-order valence-electron chi connectivity index (χ4n) is 7.43. The molecule has 2 bridgehead atoms. The third kappa shape index (κ3) is 3.09. The first kappa shape index (κ1) is 22.8. The minimum Gasteiger partial charge on any atom is -0.437 e. The lowest BCUT2D eigenvalue weighted by molar-refractivity contribution is -0.660. The van der Waals surface area contributed by atoms with Crippen LogP contribution in [-0.4, -0.2) is 4.98 Å². The van der Waals surface area contributed by atoms with Crippen LogP contribution in [0.3, 0.4) is 0 Å². The molecule has 0 atom stereocenters. The molecule has 0 amide bonds. The minimum absolute atomic E-state index is 0.265. The van der Waals surface area contributed by atoms with Gasteiger partial charge in [0.2, 0.25) is 11.4 Å². The van der Waals surface area contributed by atoms with Crippen LogP contribution in [0.25, 0.3) is 44.5 Å². The van der Waals surface area contributed by atoms with E-state index in [9.17, 15) is 0 Å². The molecule has 3 heteroatoms. The fourth-order valence-corrected chi connectivity index (χ4v) is 7.43. The second-order valence-corrected chi connectivity index (χ2v) is 11.5. The molecule has 0 unspecified atom stereocenters. The molecule has 3 heterocycles. The maximum Gasteiger partial charge on any atom is 0.227 e. The number of furan rings is 1. The van der Waals surface area contributed by atoms with Crippen LogP contribution in [0.15, 0.2) is 120 Å². The highest BCUT2D eigenvalue weighted by Crippen LogP contribution is 2.56. The number of nitrogens with zero attached hydrogens (tertiary/aromatic N) is 2. The molecule has 0 spiro atoms. The molecule has 3 aromatic heterocycles. The van der Waals surface area contributed by atoms with Gasteiger partial charge in [-0.3, -0.25) is 0 Å². The van der Waals surface area contributed by atoms with Gasteiger partial charge in [0, 0.05) is 40.9 Å². The predicted molar refractivity (Wildman–Crippen MR) is 163 cm³/mol. The monoisotopic (exact) mass is 527 g/mol. The molecule has 3 aliphatic carbocycles. The first-order chi connectivity index (χ1) is 20.2. The van der Waals surface area contributed by atoms with Gasteiger partial charge in [0.05, 0.1) is 5.56 Å². The molecule has 10 rings (SSSR count). The topological polar surface area (TPSA) is 29.9 Å². The molecule has 4 aromatic carbocycles. The summed E-state index contributed by atoms with van der Waals surface area (Å²) >= 11 is 0. The van der Waals surface area contributed by atoms with Gasteiger partial charge >= 0.3 is 0 Å². The molecule has 0 aliphatic heterocycles. The van der Waals surface area contributed by atoms with E-state index >= 15 is 0 Å². The predicted octanol–water partition coefficient (Wildman–Crippen LogP) is 8.44. The van der Waals surface area contributed by atoms with E-state index in [0.29, 0.717) is 11.6 Å². The first-order valence-corrected chi connectivity index (χ1v) is 14.3. The van der Waals surface area contributed by atoms with Gasteiger partial charge < -0.3 is 4.42 Å². The standard InChI is InChI=1S/C38H27N2O/c1-22-13-15-30-31-12-7-18-39-38(31)41-37(30)34(22)33-21-24(17-19-40(33)2)23-14-16-29-32(20-23)36-27-10-5-3-8-25(27)35(29)26-9-4-6-11-28(26)36/h3-21,35-36H,1-2H3/q+1. The van der Waals surface area contributed by atoms with Crippen LogP contribution in [0.1, 0.15) is 50.8 Å². The van der Waals surface area contributed by atoms with Crippen LogP contribution < -0.4 is 4.57 Å². The van der Waals surface area contributed by atoms with Gasteiger partial charge in [0.15, 0.2) is 11.8 Å². The Morgan fingerprint density at radius 3 is 2.02 bits per heavy atom. The average molecular weight is 528 g/mol. The summed E-state index contributed by atoms with van der Waals surface area (Å²) in [5, 5.41) is 2.15. The molecule has 0 fully saturated rings. The summed E-state index contributed by atoms with van der Waals surface area (Å²) in [7, 11) is 2.11. The number of hydrogen-bond acceptors (Lipinski definition) is 2. The lowest BCUT2D eigenvalue weighted by atomic mass is 9.61. The second-order valence-electron chi connectivity index (χ2n) is 11.5. The summed E-state index contributed by atoms with van der Waals surface area (Å²) < 4.78 is 8.56. The largest absolute Gasteiger partial charge is 0.437 e. The molecule has 0 N–H and O–H groups in total. The highest BCUT2D eigenvalue weighted by molar-refractivity contribution is 6.08. The van der Waals surface area contributed by atoms with Crippen molar-refractivity contribution in [3.8, 4) is 22.4 Å². The lowest BCUT2D eigenvalue weighted by Crippen LogP contribution is -2.30. The number of fused-ring (bicyclic) bond motifs is 3. The van der Waals surface area contributed by atoms with Crippen molar-refractivity contribution in [2.75, 3.05) is 0 Å². The van der Waals surface area contributed by atoms with E-state index in [4.69, 9.17) is 4.42 Å². The Bertz CT molecular complexity index is 2160. The van der Waals surface area contributed by atoms with Gasteiger partial charge in [-0.15, -0.1) is 0 Å². The van der Waals surface area contributed by atoms with Gasteiger partial charge in [-0.1, -0.05) is 72.8 Å². The molecular formula is C38H27N2O+. The molecule has 41 heavy (non-hydrogen) atoms. The maximum atomic E-state index is 6.37. The summed E-state index contributed by atoms with van der Waals surface area (Å²) in [6.07, 6.45) is 3.96. The highest BCUT2D eigenvalue weighted by Gasteiger charge is 2.41. The van der Waals surface area contributed by atoms with E-state index in [1.165, 1.54) is 50.1 Å². The molecular weight excluding hydrogens is 500 g/mol. The van der Waals surface area contributed by atoms with E-state index in [1.807, 2.05) is 6.07 Å². The summed E-state index contributed by atoms with van der Waals surface area (Å²) in [6, 6.07) is 38.1. The highest BCUT2D eigenvalue weighted by atomic mass is 16.3. The van der Waals surface area contributed by atoms with Crippen molar-refractivity contribution in [3.63, 3.8) is 0 Å². The Kier molecular flexibility index (Phi) is 4.58. The van der Waals surface area contributed by atoms with Crippen molar-refractivity contribution in [2.24, 2.45) is 7.05 Å². The molecule has 3 aliphatic rings. The third-order valence-electron chi connectivity index (χ3n) is 9.31. The van der Waals surface area contributed by atoms with Crippen molar-refractivity contribution in [1.82, 2.24) is 4.98 Å². The van der Waals surface area contributed by atoms with Crippen molar-refractivity contribution >= 4 is 22.1 Å². The van der Waals surface area contributed by atoms with Crippen LogP contribution in [0, 0.1) is 6.92 Å². The zero-order valence-electron chi connectivity index (χ0n) is 22.9. The summed E-state index contributed by atoms with van der Waals surface area (Å²) in [4.78, 5) is 4.49. The first-order valence-electron chi connectivity index (χ1n) is 14.3. The summed E-state index contributed by atoms with van der Waals surface area (Å²) in [6.45, 7) is 2.16. The zero-order valence-corrected chi connectivity index (χ0v) is 22.9. The zero-order chi connectivity index (χ0) is 27.2. The molecule has 0 saturated heterocycles. The Morgan fingerprint density at radius 1 is 0.634 bits per heavy atom. The van der Waals surface area contributed by atoms with Gasteiger partial charge in [0.25, 0.3) is 0 Å². The van der Waals surface area contributed by atoms with Crippen molar-refractivity contribution < 1.29 is 8.98 Å². The second kappa shape index (κ2) is 8.25. The average Bonchev–Trinajstić information content (AvgIpc) is 3.39. The van der Waals surface area contributed by atoms with Gasteiger partial charge in [-0.25, -0.2) is 9.55 Å².